The average molecular weight is 372 g/mol. The van der Waals surface area contributed by atoms with E-state index in [0.29, 0.717) is 18.9 Å². The number of phenolic OH excluding ortho intramolecular Hbond substituents is 1. The van der Waals surface area contributed by atoms with Gasteiger partial charge in [0.1, 0.15) is 6.04 Å². The zero-order valence-corrected chi connectivity index (χ0v) is 14.6. The Hall–Kier alpha value is -1.27. The van der Waals surface area contributed by atoms with Crippen molar-refractivity contribution in [3.05, 3.63) is 22.2 Å². The first-order valence-corrected chi connectivity index (χ1v) is 8.32. The molecule has 5 nitrogen and oxygen atoms in total. The molecule has 1 heterocycles. The quantitative estimate of drug-likeness (QED) is 0.805. The Morgan fingerprint density at radius 1 is 1.45 bits per heavy atom. The number of methoxy groups -OCH3 is 1. The van der Waals surface area contributed by atoms with Crippen LogP contribution in [0.4, 0.5) is 0 Å². The summed E-state index contributed by atoms with van der Waals surface area (Å²) in [5.41, 5.74) is 0.738. The molecule has 1 aromatic rings. The van der Waals surface area contributed by atoms with Crippen molar-refractivity contribution in [2.45, 2.75) is 38.8 Å². The van der Waals surface area contributed by atoms with Crippen molar-refractivity contribution in [3.8, 4) is 11.5 Å². The first-order valence-electron chi connectivity index (χ1n) is 7.52. The molecule has 0 saturated carbocycles. The van der Waals surface area contributed by atoms with E-state index in [4.69, 9.17) is 9.47 Å². The topological polar surface area (TPSA) is 59.0 Å². The lowest BCUT2D eigenvalue weighted by molar-refractivity contribution is -0.151. The van der Waals surface area contributed by atoms with E-state index >= 15 is 0 Å². The van der Waals surface area contributed by atoms with E-state index in [-0.39, 0.29) is 17.8 Å². The third kappa shape index (κ3) is 3.93. The highest BCUT2D eigenvalue weighted by Gasteiger charge is 2.30. The zero-order valence-electron chi connectivity index (χ0n) is 13.0. The molecule has 2 rings (SSSR count). The number of ether oxygens (including phenoxy) is 2. The minimum absolute atomic E-state index is 0.124. The summed E-state index contributed by atoms with van der Waals surface area (Å²) in [6, 6.07) is 3.34. The van der Waals surface area contributed by atoms with Gasteiger partial charge in [0.15, 0.2) is 11.5 Å². The number of phenols is 1. The Morgan fingerprint density at radius 3 is 2.91 bits per heavy atom. The minimum atomic E-state index is -0.238. The third-order valence-corrected chi connectivity index (χ3v) is 4.34. The normalized spacial score (nSPS) is 19.0. The average Bonchev–Trinajstić information content (AvgIpc) is 2.51. The lowest BCUT2D eigenvalue weighted by Crippen LogP contribution is -2.44. The van der Waals surface area contributed by atoms with Crippen LogP contribution < -0.4 is 4.74 Å². The number of nitrogens with zero attached hydrogens (tertiary/aromatic N) is 1. The molecule has 1 aliphatic heterocycles. The molecular weight excluding hydrogens is 350 g/mol. The first-order chi connectivity index (χ1) is 10.6. The first kappa shape index (κ1) is 17.1. The Bertz CT molecular complexity index is 535. The van der Waals surface area contributed by atoms with Gasteiger partial charge in [0.25, 0.3) is 0 Å². The van der Waals surface area contributed by atoms with E-state index in [9.17, 15) is 9.90 Å². The molecule has 0 aromatic heterocycles. The highest BCUT2D eigenvalue weighted by molar-refractivity contribution is 9.10. The molecule has 1 saturated heterocycles. The Labute approximate surface area is 139 Å². The number of likely N-dealkylation sites (tertiary alicyclic amines) is 1. The van der Waals surface area contributed by atoms with Crippen molar-refractivity contribution in [2.24, 2.45) is 0 Å². The van der Waals surface area contributed by atoms with E-state index < -0.39 is 0 Å². The Balaban J connectivity index is 2.20. The fourth-order valence-corrected chi connectivity index (χ4v) is 3.29. The molecule has 22 heavy (non-hydrogen) atoms. The van der Waals surface area contributed by atoms with Gasteiger partial charge in [0.2, 0.25) is 0 Å². The summed E-state index contributed by atoms with van der Waals surface area (Å²) in [6.45, 7) is 3.51. The molecular formula is C16H22BrNO4. The van der Waals surface area contributed by atoms with E-state index in [1.54, 1.807) is 6.07 Å². The van der Waals surface area contributed by atoms with Gasteiger partial charge in [-0.05, 0) is 38.4 Å². The van der Waals surface area contributed by atoms with Crippen LogP contribution in [0.1, 0.15) is 31.7 Å². The van der Waals surface area contributed by atoms with Crippen molar-refractivity contribution >= 4 is 21.9 Å². The number of esters is 1. The van der Waals surface area contributed by atoms with Crippen molar-refractivity contribution in [2.75, 3.05) is 20.3 Å². The van der Waals surface area contributed by atoms with Crippen LogP contribution in [0, 0.1) is 0 Å². The van der Waals surface area contributed by atoms with Gasteiger partial charge < -0.3 is 14.6 Å². The molecule has 0 spiro atoms. The predicted molar refractivity (Wildman–Crippen MR) is 87.0 cm³/mol. The number of piperidine rings is 1. The second kappa shape index (κ2) is 7.83. The van der Waals surface area contributed by atoms with Crippen LogP contribution in [0.15, 0.2) is 16.6 Å². The number of rotatable bonds is 5. The van der Waals surface area contributed by atoms with Crippen LogP contribution in [-0.2, 0) is 16.1 Å². The van der Waals surface area contributed by atoms with Gasteiger partial charge in [-0.25, -0.2) is 0 Å². The summed E-state index contributed by atoms with van der Waals surface area (Å²) in [6.07, 6.45) is 2.86. The van der Waals surface area contributed by atoms with Crippen molar-refractivity contribution in [1.29, 1.82) is 0 Å². The van der Waals surface area contributed by atoms with Gasteiger partial charge in [0, 0.05) is 16.6 Å². The number of hydrogen-bond donors (Lipinski definition) is 1. The maximum Gasteiger partial charge on any atom is 0.323 e. The second-order valence-electron chi connectivity index (χ2n) is 5.35. The lowest BCUT2D eigenvalue weighted by Gasteiger charge is -2.34. The van der Waals surface area contributed by atoms with Gasteiger partial charge in [-0.3, -0.25) is 9.69 Å². The molecule has 1 fully saturated rings. The summed E-state index contributed by atoms with van der Waals surface area (Å²) in [5, 5.41) is 10.3. The molecule has 1 aromatic carbocycles. The maximum absolute atomic E-state index is 12.1. The third-order valence-electron chi connectivity index (χ3n) is 3.88. The lowest BCUT2D eigenvalue weighted by atomic mass is 10.0. The molecule has 1 aliphatic rings. The minimum Gasteiger partial charge on any atom is -0.504 e. The monoisotopic (exact) mass is 371 g/mol. The summed E-state index contributed by atoms with van der Waals surface area (Å²) in [4.78, 5) is 14.2. The van der Waals surface area contributed by atoms with Crippen LogP contribution in [0.5, 0.6) is 11.5 Å². The number of benzene rings is 1. The van der Waals surface area contributed by atoms with Crippen LogP contribution in [0.3, 0.4) is 0 Å². The summed E-state index contributed by atoms with van der Waals surface area (Å²) in [7, 11) is 1.52. The SMILES string of the molecule is CCOC(=O)[C@@H]1CCCCN1Cc1cc(Br)cc(OC)c1O. The number of aromatic hydroxyl groups is 1. The fourth-order valence-electron chi connectivity index (χ4n) is 2.81. The van der Waals surface area contributed by atoms with Crippen molar-refractivity contribution < 1.29 is 19.4 Å². The van der Waals surface area contributed by atoms with Crippen LogP contribution in [0.25, 0.3) is 0 Å². The number of hydrogen-bond acceptors (Lipinski definition) is 5. The van der Waals surface area contributed by atoms with E-state index in [1.807, 2.05) is 13.0 Å². The summed E-state index contributed by atoms with van der Waals surface area (Å²) in [5.74, 6) is 0.372. The van der Waals surface area contributed by atoms with Crippen LogP contribution in [0.2, 0.25) is 0 Å². The Kier molecular flexibility index (Phi) is 6.08. The van der Waals surface area contributed by atoms with Gasteiger partial charge >= 0.3 is 5.97 Å². The summed E-state index contributed by atoms with van der Waals surface area (Å²) < 4.78 is 11.2. The van der Waals surface area contributed by atoms with Crippen molar-refractivity contribution in [3.63, 3.8) is 0 Å². The molecule has 0 aliphatic carbocycles. The van der Waals surface area contributed by atoms with Gasteiger partial charge in [-0.2, -0.15) is 0 Å². The van der Waals surface area contributed by atoms with E-state index in [1.165, 1.54) is 7.11 Å². The van der Waals surface area contributed by atoms with Crippen LogP contribution >= 0.6 is 15.9 Å². The molecule has 0 unspecified atom stereocenters. The van der Waals surface area contributed by atoms with Crippen molar-refractivity contribution in [1.82, 2.24) is 4.90 Å². The van der Waals surface area contributed by atoms with Gasteiger partial charge in [-0.15, -0.1) is 0 Å². The smallest absolute Gasteiger partial charge is 0.323 e. The zero-order chi connectivity index (χ0) is 16.1. The van der Waals surface area contributed by atoms with Crippen LogP contribution in [-0.4, -0.2) is 42.3 Å². The highest BCUT2D eigenvalue weighted by Crippen LogP contribution is 2.35. The molecule has 1 atom stereocenters. The largest absolute Gasteiger partial charge is 0.504 e. The predicted octanol–water partition coefficient (Wildman–Crippen LogP) is 3.08. The standard InChI is InChI=1S/C16H22BrNO4/c1-3-22-16(20)13-6-4-5-7-18(13)10-11-8-12(17)9-14(21-2)15(11)19/h8-9,13,19H,3-7,10H2,1-2H3/t13-/m0/s1. The molecule has 0 radical (unpaired) electrons. The fraction of sp³-hybridized carbons (Fsp3) is 0.562. The molecule has 1 N–H and O–H groups in total. The number of halogens is 1. The molecule has 0 bridgehead atoms. The van der Waals surface area contributed by atoms with Gasteiger partial charge in [-0.1, -0.05) is 22.4 Å². The van der Waals surface area contributed by atoms with Gasteiger partial charge in [0.05, 0.1) is 13.7 Å². The molecule has 122 valence electrons. The van der Waals surface area contributed by atoms with E-state index in [2.05, 4.69) is 20.8 Å². The molecule has 0 amide bonds. The second-order valence-corrected chi connectivity index (χ2v) is 6.27. The molecule has 6 heteroatoms. The van der Waals surface area contributed by atoms with E-state index in [0.717, 1.165) is 35.8 Å². The maximum atomic E-state index is 12.1. The number of carbonyl (C=O) groups is 1. The summed E-state index contributed by atoms with van der Waals surface area (Å²) >= 11 is 3.42. The number of carbonyl (C=O) groups excluding carboxylic acids is 1. The Morgan fingerprint density at radius 2 is 2.23 bits per heavy atom. The highest BCUT2D eigenvalue weighted by atomic mass is 79.9.